The van der Waals surface area contributed by atoms with E-state index < -0.39 is 0 Å². The minimum atomic E-state index is -0.284. The van der Waals surface area contributed by atoms with Gasteiger partial charge in [0.2, 0.25) is 11.8 Å². The van der Waals surface area contributed by atoms with Crippen LogP contribution in [0.2, 0.25) is 0 Å². The minimum Gasteiger partial charge on any atom is -0.346 e. The number of likely N-dealkylation sites (tertiary alicyclic amines) is 1. The molecule has 86 valence electrons. The average Bonchev–Trinajstić information content (AvgIpc) is 2.26. The summed E-state index contributed by atoms with van der Waals surface area (Å²) in [6.07, 6.45) is 2.10. The smallest absolute Gasteiger partial charge is 0.241 e. The van der Waals surface area contributed by atoms with Crippen molar-refractivity contribution in [3.05, 3.63) is 0 Å². The van der Waals surface area contributed by atoms with Crippen molar-refractivity contribution in [2.24, 2.45) is 11.7 Å². The molecule has 1 saturated heterocycles. The number of hydrogen-bond acceptors (Lipinski definition) is 3. The molecule has 0 aromatic rings. The molecule has 3 N–H and O–H groups in total. The van der Waals surface area contributed by atoms with Gasteiger partial charge in [-0.05, 0) is 18.8 Å². The van der Waals surface area contributed by atoms with Crippen molar-refractivity contribution in [3.8, 4) is 0 Å². The Morgan fingerprint density at radius 3 is 2.53 bits per heavy atom. The number of nitrogens with one attached hydrogen (secondary N) is 1. The molecule has 0 saturated carbocycles. The molecule has 1 aliphatic heterocycles. The van der Waals surface area contributed by atoms with Crippen LogP contribution in [0.5, 0.6) is 0 Å². The van der Waals surface area contributed by atoms with Crippen molar-refractivity contribution < 1.29 is 9.59 Å². The van der Waals surface area contributed by atoms with Crippen LogP contribution in [0.4, 0.5) is 0 Å². The van der Waals surface area contributed by atoms with Crippen molar-refractivity contribution in [2.45, 2.75) is 19.8 Å². The van der Waals surface area contributed by atoms with Crippen molar-refractivity contribution in [1.82, 2.24) is 10.2 Å². The SMILES string of the molecule is CC1CCN(C(=O)CNC(=O)CN)CC1. The quantitative estimate of drug-likeness (QED) is 0.652. The first-order chi connectivity index (χ1) is 7.13. The first-order valence-electron chi connectivity index (χ1n) is 5.38. The lowest BCUT2D eigenvalue weighted by Crippen LogP contribution is -2.44. The summed E-state index contributed by atoms with van der Waals surface area (Å²) in [5.74, 6) is 0.408. The Labute approximate surface area is 90.0 Å². The summed E-state index contributed by atoms with van der Waals surface area (Å²) in [5, 5.41) is 2.49. The molecule has 0 aliphatic carbocycles. The molecule has 5 heteroatoms. The molecule has 0 spiro atoms. The van der Waals surface area contributed by atoms with Crippen LogP contribution in [0.1, 0.15) is 19.8 Å². The van der Waals surface area contributed by atoms with Gasteiger partial charge >= 0.3 is 0 Å². The number of carbonyl (C=O) groups excluding carboxylic acids is 2. The van der Waals surface area contributed by atoms with E-state index in [0.29, 0.717) is 5.92 Å². The molecule has 0 bridgehead atoms. The van der Waals surface area contributed by atoms with Crippen LogP contribution in [0.15, 0.2) is 0 Å². The monoisotopic (exact) mass is 213 g/mol. The highest BCUT2D eigenvalue weighted by Gasteiger charge is 2.19. The highest BCUT2D eigenvalue weighted by atomic mass is 16.2. The molecule has 0 atom stereocenters. The van der Waals surface area contributed by atoms with Gasteiger partial charge in [-0.15, -0.1) is 0 Å². The van der Waals surface area contributed by atoms with Crippen LogP contribution in [-0.4, -0.2) is 42.9 Å². The number of piperidine rings is 1. The lowest BCUT2D eigenvalue weighted by molar-refractivity contribution is -0.133. The molecule has 1 heterocycles. The highest BCUT2D eigenvalue weighted by molar-refractivity contribution is 5.85. The summed E-state index contributed by atoms with van der Waals surface area (Å²) < 4.78 is 0. The van der Waals surface area contributed by atoms with E-state index in [2.05, 4.69) is 12.2 Å². The van der Waals surface area contributed by atoms with E-state index >= 15 is 0 Å². The van der Waals surface area contributed by atoms with E-state index in [0.717, 1.165) is 25.9 Å². The number of nitrogens with zero attached hydrogens (tertiary/aromatic N) is 1. The fraction of sp³-hybridized carbons (Fsp3) is 0.800. The fourth-order valence-electron chi connectivity index (χ4n) is 1.62. The van der Waals surface area contributed by atoms with Crippen molar-refractivity contribution in [1.29, 1.82) is 0 Å². The number of hydrogen-bond donors (Lipinski definition) is 2. The summed E-state index contributed by atoms with van der Waals surface area (Å²) in [7, 11) is 0. The van der Waals surface area contributed by atoms with Gasteiger partial charge in [-0.3, -0.25) is 9.59 Å². The molecule has 0 unspecified atom stereocenters. The Hall–Kier alpha value is -1.10. The van der Waals surface area contributed by atoms with Crippen LogP contribution in [0.3, 0.4) is 0 Å². The maximum atomic E-state index is 11.6. The van der Waals surface area contributed by atoms with Gasteiger partial charge in [0.1, 0.15) is 0 Å². The van der Waals surface area contributed by atoms with Crippen LogP contribution in [0.25, 0.3) is 0 Å². The number of nitrogens with two attached hydrogens (primary N) is 1. The van der Waals surface area contributed by atoms with E-state index in [1.807, 2.05) is 0 Å². The van der Waals surface area contributed by atoms with Gasteiger partial charge in [-0.2, -0.15) is 0 Å². The normalized spacial score (nSPS) is 17.6. The van der Waals surface area contributed by atoms with Gasteiger partial charge in [0.05, 0.1) is 13.1 Å². The number of carbonyl (C=O) groups is 2. The number of rotatable bonds is 3. The van der Waals surface area contributed by atoms with E-state index in [-0.39, 0.29) is 24.9 Å². The maximum absolute atomic E-state index is 11.6. The summed E-state index contributed by atoms with van der Waals surface area (Å²) in [6.45, 7) is 3.81. The molecule has 1 aliphatic rings. The van der Waals surface area contributed by atoms with Crippen molar-refractivity contribution in [2.75, 3.05) is 26.2 Å². The second-order valence-electron chi connectivity index (χ2n) is 4.04. The predicted octanol–water partition coefficient (Wildman–Crippen LogP) is -0.680. The lowest BCUT2D eigenvalue weighted by Gasteiger charge is -2.30. The molecule has 5 nitrogen and oxygen atoms in total. The van der Waals surface area contributed by atoms with Gasteiger partial charge in [-0.25, -0.2) is 0 Å². The van der Waals surface area contributed by atoms with Crippen LogP contribution < -0.4 is 11.1 Å². The zero-order chi connectivity index (χ0) is 11.3. The third kappa shape index (κ3) is 3.87. The summed E-state index contributed by atoms with van der Waals surface area (Å²) in [6, 6.07) is 0. The molecule has 1 fully saturated rings. The van der Waals surface area contributed by atoms with Gasteiger partial charge in [0.25, 0.3) is 0 Å². The van der Waals surface area contributed by atoms with E-state index in [1.54, 1.807) is 4.90 Å². The molecule has 1 rings (SSSR count). The molecule has 0 aromatic heterocycles. The zero-order valence-corrected chi connectivity index (χ0v) is 9.16. The maximum Gasteiger partial charge on any atom is 0.241 e. The Morgan fingerprint density at radius 2 is 2.00 bits per heavy atom. The third-order valence-electron chi connectivity index (χ3n) is 2.76. The standard InChI is InChI=1S/C10H19N3O2/c1-8-2-4-13(5-3-8)10(15)7-12-9(14)6-11/h8H,2-7,11H2,1H3,(H,12,14). The predicted molar refractivity (Wildman–Crippen MR) is 57.0 cm³/mol. The van der Waals surface area contributed by atoms with Gasteiger partial charge in [0, 0.05) is 13.1 Å². The van der Waals surface area contributed by atoms with Crippen molar-refractivity contribution in [3.63, 3.8) is 0 Å². The second kappa shape index (κ2) is 5.70. The van der Waals surface area contributed by atoms with Crippen LogP contribution in [-0.2, 0) is 9.59 Å². The Kier molecular flexibility index (Phi) is 4.55. The first-order valence-corrected chi connectivity index (χ1v) is 5.38. The molecule has 15 heavy (non-hydrogen) atoms. The summed E-state index contributed by atoms with van der Waals surface area (Å²) in [5.41, 5.74) is 5.12. The zero-order valence-electron chi connectivity index (χ0n) is 9.16. The van der Waals surface area contributed by atoms with Crippen molar-refractivity contribution >= 4 is 11.8 Å². The van der Waals surface area contributed by atoms with Crippen LogP contribution in [0, 0.1) is 5.92 Å². The van der Waals surface area contributed by atoms with E-state index in [9.17, 15) is 9.59 Å². The molecular formula is C10H19N3O2. The summed E-state index contributed by atoms with van der Waals surface area (Å²) in [4.78, 5) is 24.2. The van der Waals surface area contributed by atoms with Gasteiger partial charge in [-0.1, -0.05) is 6.92 Å². The second-order valence-corrected chi connectivity index (χ2v) is 4.04. The largest absolute Gasteiger partial charge is 0.346 e. The Morgan fingerprint density at radius 1 is 1.40 bits per heavy atom. The molecule has 0 radical (unpaired) electrons. The van der Waals surface area contributed by atoms with Gasteiger partial charge < -0.3 is 16.0 Å². The lowest BCUT2D eigenvalue weighted by atomic mass is 9.99. The Bertz CT molecular complexity index is 235. The van der Waals surface area contributed by atoms with E-state index in [1.165, 1.54) is 0 Å². The summed E-state index contributed by atoms with van der Waals surface area (Å²) >= 11 is 0. The molecule has 0 aromatic carbocycles. The average molecular weight is 213 g/mol. The topological polar surface area (TPSA) is 75.4 Å². The molecule has 2 amide bonds. The molecular weight excluding hydrogens is 194 g/mol. The van der Waals surface area contributed by atoms with E-state index in [4.69, 9.17) is 5.73 Å². The highest BCUT2D eigenvalue weighted by Crippen LogP contribution is 2.15. The van der Waals surface area contributed by atoms with Crippen LogP contribution >= 0.6 is 0 Å². The number of amides is 2. The minimum absolute atomic E-state index is 0.0105. The third-order valence-corrected chi connectivity index (χ3v) is 2.76. The fourth-order valence-corrected chi connectivity index (χ4v) is 1.62. The Balaban J connectivity index is 2.25. The van der Waals surface area contributed by atoms with Gasteiger partial charge in [0.15, 0.2) is 0 Å². The first kappa shape index (κ1) is 12.0.